The maximum absolute atomic E-state index is 11.7. The zero-order valence-electron chi connectivity index (χ0n) is 9.09. The third kappa shape index (κ3) is 1.59. The van der Waals surface area contributed by atoms with Crippen LogP contribution in [0, 0.1) is 0 Å². The highest BCUT2D eigenvalue weighted by Crippen LogP contribution is 2.40. The molecule has 1 aromatic rings. The lowest BCUT2D eigenvalue weighted by Gasteiger charge is -2.20. The molecule has 0 bridgehead atoms. The quantitative estimate of drug-likeness (QED) is 0.856. The minimum atomic E-state index is -0.160. The van der Waals surface area contributed by atoms with E-state index < -0.39 is 0 Å². The summed E-state index contributed by atoms with van der Waals surface area (Å²) in [5.74, 6) is 0.799. The van der Waals surface area contributed by atoms with Gasteiger partial charge in [-0.25, -0.2) is 0 Å². The van der Waals surface area contributed by atoms with E-state index in [2.05, 4.69) is 5.32 Å². The van der Waals surface area contributed by atoms with Crippen LogP contribution in [0.15, 0.2) is 6.07 Å². The van der Waals surface area contributed by atoms with Crippen LogP contribution in [-0.2, 0) is 6.42 Å². The summed E-state index contributed by atoms with van der Waals surface area (Å²) in [6.07, 6.45) is 0.751. The van der Waals surface area contributed by atoms with Crippen LogP contribution in [0.2, 0.25) is 5.02 Å². The van der Waals surface area contributed by atoms with Crippen molar-refractivity contribution in [1.82, 2.24) is 5.32 Å². The molecular weight excluding hydrogens is 230 g/mol. The Kier molecular flexibility index (Phi) is 2.92. The molecule has 2 rings (SSSR count). The van der Waals surface area contributed by atoms with E-state index in [0.29, 0.717) is 28.6 Å². The van der Waals surface area contributed by atoms with Gasteiger partial charge in [-0.1, -0.05) is 11.6 Å². The predicted octanol–water partition coefficient (Wildman–Crippen LogP) is 1.64. The maximum atomic E-state index is 11.7. The van der Waals surface area contributed by atoms with Crippen molar-refractivity contribution in [3.05, 3.63) is 22.2 Å². The van der Waals surface area contributed by atoms with Crippen molar-refractivity contribution in [2.24, 2.45) is 0 Å². The van der Waals surface area contributed by atoms with Crippen molar-refractivity contribution in [1.29, 1.82) is 0 Å². The van der Waals surface area contributed by atoms with Crippen molar-refractivity contribution in [2.45, 2.75) is 6.42 Å². The van der Waals surface area contributed by atoms with Crippen LogP contribution in [0.4, 0.5) is 0 Å². The number of fused-ring (bicyclic) bond motifs is 1. The molecule has 1 amide bonds. The summed E-state index contributed by atoms with van der Waals surface area (Å²) in [7, 11) is 3.04. The number of hydrogen-bond acceptors (Lipinski definition) is 3. The van der Waals surface area contributed by atoms with Gasteiger partial charge in [0.15, 0.2) is 11.5 Å². The van der Waals surface area contributed by atoms with Crippen LogP contribution in [0.3, 0.4) is 0 Å². The Hall–Kier alpha value is -1.42. The fourth-order valence-corrected chi connectivity index (χ4v) is 2.22. The molecule has 1 aromatic carbocycles. The molecule has 5 heteroatoms. The second-order valence-electron chi connectivity index (χ2n) is 3.47. The van der Waals surface area contributed by atoms with Crippen molar-refractivity contribution < 1.29 is 14.3 Å². The summed E-state index contributed by atoms with van der Waals surface area (Å²) in [4.78, 5) is 11.7. The molecule has 0 saturated carbocycles. The summed E-state index contributed by atoms with van der Waals surface area (Å²) in [6.45, 7) is 0.623. The Morgan fingerprint density at radius 1 is 1.38 bits per heavy atom. The Morgan fingerprint density at radius 2 is 2.12 bits per heavy atom. The molecular formula is C11H12ClNO3. The SMILES string of the molecule is COc1cc2c(c(Cl)c1OC)C(=O)NCC2. The van der Waals surface area contributed by atoms with Crippen LogP contribution in [0.5, 0.6) is 11.5 Å². The van der Waals surface area contributed by atoms with E-state index in [4.69, 9.17) is 21.1 Å². The largest absolute Gasteiger partial charge is 0.493 e. The summed E-state index contributed by atoms with van der Waals surface area (Å²) in [5.41, 5.74) is 1.39. The van der Waals surface area contributed by atoms with Gasteiger partial charge < -0.3 is 14.8 Å². The Balaban J connectivity index is 2.66. The van der Waals surface area contributed by atoms with Gasteiger partial charge in [-0.2, -0.15) is 0 Å². The zero-order chi connectivity index (χ0) is 11.7. The Labute approximate surface area is 98.5 Å². The van der Waals surface area contributed by atoms with E-state index >= 15 is 0 Å². The van der Waals surface area contributed by atoms with Gasteiger partial charge in [-0.05, 0) is 18.1 Å². The number of nitrogens with one attached hydrogen (secondary N) is 1. The van der Waals surface area contributed by atoms with Gasteiger partial charge in [0.05, 0.1) is 24.8 Å². The van der Waals surface area contributed by atoms with E-state index in [9.17, 15) is 4.79 Å². The lowest BCUT2D eigenvalue weighted by Crippen LogP contribution is -2.32. The van der Waals surface area contributed by atoms with Gasteiger partial charge in [-0.15, -0.1) is 0 Å². The highest BCUT2D eigenvalue weighted by Gasteiger charge is 2.25. The average Bonchev–Trinajstić information content (AvgIpc) is 2.28. The molecule has 0 unspecified atom stereocenters. The molecule has 0 radical (unpaired) electrons. The standard InChI is InChI=1S/C11H12ClNO3/c1-15-7-5-6-3-4-13-11(14)8(6)9(12)10(7)16-2/h5H,3-4H2,1-2H3,(H,13,14). The van der Waals surface area contributed by atoms with Gasteiger partial charge in [0.2, 0.25) is 0 Å². The molecule has 1 N–H and O–H groups in total. The first-order valence-electron chi connectivity index (χ1n) is 4.90. The van der Waals surface area contributed by atoms with Gasteiger partial charge >= 0.3 is 0 Å². The van der Waals surface area contributed by atoms with E-state index in [0.717, 1.165) is 12.0 Å². The summed E-state index contributed by atoms with van der Waals surface area (Å²) in [5, 5.41) is 3.06. The number of ether oxygens (including phenoxy) is 2. The van der Waals surface area contributed by atoms with Crippen molar-refractivity contribution in [2.75, 3.05) is 20.8 Å². The van der Waals surface area contributed by atoms with Crippen LogP contribution in [0.25, 0.3) is 0 Å². The zero-order valence-corrected chi connectivity index (χ0v) is 9.85. The molecule has 0 fully saturated rings. The lowest BCUT2D eigenvalue weighted by atomic mass is 9.99. The molecule has 0 saturated heterocycles. The molecule has 0 atom stereocenters. The second-order valence-corrected chi connectivity index (χ2v) is 3.84. The minimum absolute atomic E-state index is 0.160. The molecule has 1 aliphatic rings. The van der Waals surface area contributed by atoms with Gasteiger partial charge in [0.25, 0.3) is 5.91 Å². The number of methoxy groups -OCH3 is 2. The number of carbonyl (C=O) groups is 1. The molecule has 0 spiro atoms. The first kappa shape index (κ1) is 11.1. The predicted molar refractivity (Wildman–Crippen MR) is 60.6 cm³/mol. The maximum Gasteiger partial charge on any atom is 0.253 e. The third-order valence-corrected chi connectivity index (χ3v) is 2.96. The lowest BCUT2D eigenvalue weighted by molar-refractivity contribution is 0.0945. The van der Waals surface area contributed by atoms with E-state index in [1.165, 1.54) is 7.11 Å². The smallest absolute Gasteiger partial charge is 0.253 e. The molecule has 0 aromatic heterocycles. The number of halogens is 1. The Morgan fingerprint density at radius 3 is 2.75 bits per heavy atom. The molecule has 1 aliphatic heterocycles. The number of hydrogen-bond donors (Lipinski definition) is 1. The first-order valence-corrected chi connectivity index (χ1v) is 5.28. The van der Waals surface area contributed by atoms with Crippen LogP contribution in [0.1, 0.15) is 15.9 Å². The highest BCUT2D eigenvalue weighted by atomic mass is 35.5. The molecule has 0 aliphatic carbocycles. The number of rotatable bonds is 2. The van der Waals surface area contributed by atoms with E-state index in [-0.39, 0.29) is 5.91 Å². The van der Waals surface area contributed by atoms with Gasteiger partial charge in [-0.3, -0.25) is 4.79 Å². The third-order valence-electron chi connectivity index (χ3n) is 2.60. The van der Waals surface area contributed by atoms with Gasteiger partial charge in [0, 0.05) is 6.54 Å². The minimum Gasteiger partial charge on any atom is -0.493 e. The topological polar surface area (TPSA) is 47.6 Å². The van der Waals surface area contributed by atoms with Crippen LogP contribution in [-0.4, -0.2) is 26.7 Å². The second kappa shape index (κ2) is 4.22. The fourth-order valence-electron chi connectivity index (χ4n) is 1.84. The van der Waals surface area contributed by atoms with Crippen molar-refractivity contribution >= 4 is 17.5 Å². The summed E-state index contributed by atoms with van der Waals surface area (Å²) in [6, 6.07) is 1.80. The summed E-state index contributed by atoms with van der Waals surface area (Å²) >= 11 is 6.14. The first-order chi connectivity index (χ1) is 7.69. The van der Waals surface area contributed by atoms with E-state index in [1.54, 1.807) is 13.2 Å². The molecule has 4 nitrogen and oxygen atoms in total. The fraction of sp³-hybridized carbons (Fsp3) is 0.364. The number of benzene rings is 1. The van der Waals surface area contributed by atoms with Crippen LogP contribution >= 0.6 is 11.6 Å². The normalized spacial score (nSPS) is 14.1. The van der Waals surface area contributed by atoms with E-state index in [1.807, 2.05) is 0 Å². The Bertz CT molecular complexity index is 445. The summed E-state index contributed by atoms with van der Waals surface area (Å²) < 4.78 is 10.3. The number of carbonyl (C=O) groups excluding carboxylic acids is 1. The highest BCUT2D eigenvalue weighted by molar-refractivity contribution is 6.35. The van der Waals surface area contributed by atoms with Crippen molar-refractivity contribution in [3.8, 4) is 11.5 Å². The van der Waals surface area contributed by atoms with Crippen LogP contribution < -0.4 is 14.8 Å². The van der Waals surface area contributed by atoms with Crippen molar-refractivity contribution in [3.63, 3.8) is 0 Å². The monoisotopic (exact) mass is 241 g/mol. The molecule has 86 valence electrons. The molecule has 16 heavy (non-hydrogen) atoms. The number of amides is 1. The average molecular weight is 242 g/mol. The van der Waals surface area contributed by atoms with Gasteiger partial charge in [0.1, 0.15) is 0 Å². The molecule has 1 heterocycles.